The predicted octanol–water partition coefficient (Wildman–Crippen LogP) is 4.51. The van der Waals surface area contributed by atoms with Crippen LogP contribution in [0.1, 0.15) is 42.9 Å². The molecule has 3 rings (SSSR count). The van der Waals surface area contributed by atoms with Crippen molar-refractivity contribution in [1.29, 1.82) is 5.26 Å². The summed E-state index contributed by atoms with van der Waals surface area (Å²) in [6.07, 6.45) is 6.80. The van der Waals surface area contributed by atoms with Gasteiger partial charge in [-0.1, -0.05) is 18.9 Å². The minimum Gasteiger partial charge on any atom is -0.343 e. The summed E-state index contributed by atoms with van der Waals surface area (Å²) < 4.78 is 2.35. The van der Waals surface area contributed by atoms with Crippen LogP contribution in [0.2, 0.25) is 0 Å². The van der Waals surface area contributed by atoms with E-state index in [1.807, 2.05) is 0 Å². The van der Waals surface area contributed by atoms with E-state index in [4.69, 9.17) is 0 Å². The third kappa shape index (κ3) is 2.04. The molecule has 0 saturated heterocycles. The van der Waals surface area contributed by atoms with E-state index >= 15 is 0 Å². The lowest BCUT2D eigenvalue weighted by molar-refractivity contribution is 0.296. The highest BCUT2D eigenvalue weighted by molar-refractivity contribution is 5.84. The third-order valence-electron chi connectivity index (χ3n) is 4.44. The smallest absolute Gasteiger partial charge is 0.0677 e. The Morgan fingerprint density at radius 1 is 1.21 bits per heavy atom. The standard InChI is InChI=1S/C17H20N2/c1-12-9-13(2)15-7-8-19(17(15)10-12)16-6-4-3-5-14(16)11-18/h7-10,14,16H,3-6H2,1-2H3. The molecule has 1 aromatic heterocycles. The van der Waals surface area contributed by atoms with Gasteiger partial charge in [0.2, 0.25) is 0 Å². The van der Waals surface area contributed by atoms with Gasteiger partial charge in [0, 0.05) is 23.1 Å². The molecule has 19 heavy (non-hydrogen) atoms. The quantitative estimate of drug-likeness (QED) is 0.734. The number of fused-ring (bicyclic) bond motifs is 1. The van der Waals surface area contributed by atoms with E-state index in [0.717, 1.165) is 12.8 Å². The van der Waals surface area contributed by atoms with Gasteiger partial charge in [0.25, 0.3) is 0 Å². The number of aromatic nitrogens is 1. The van der Waals surface area contributed by atoms with Crippen molar-refractivity contribution in [2.24, 2.45) is 5.92 Å². The van der Waals surface area contributed by atoms with Crippen LogP contribution in [0.3, 0.4) is 0 Å². The van der Waals surface area contributed by atoms with Gasteiger partial charge in [0.1, 0.15) is 0 Å². The molecule has 0 amide bonds. The number of hydrogen-bond acceptors (Lipinski definition) is 1. The average Bonchev–Trinajstić information content (AvgIpc) is 2.82. The molecule has 0 N–H and O–H groups in total. The molecule has 1 saturated carbocycles. The molecule has 1 aliphatic rings. The first kappa shape index (κ1) is 12.3. The molecule has 2 nitrogen and oxygen atoms in total. The van der Waals surface area contributed by atoms with Crippen LogP contribution in [0.25, 0.3) is 10.9 Å². The Bertz CT molecular complexity index is 645. The molecule has 2 heteroatoms. The summed E-state index contributed by atoms with van der Waals surface area (Å²) in [6, 6.07) is 9.56. The van der Waals surface area contributed by atoms with E-state index in [-0.39, 0.29) is 5.92 Å². The molecule has 1 aliphatic carbocycles. The van der Waals surface area contributed by atoms with Gasteiger partial charge in [-0.25, -0.2) is 0 Å². The number of rotatable bonds is 1. The van der Waals surface area contributed by atoms with Gasteiger partial charge in [-0.2, -0.15) is 5.26 Å². The van der Waals surface area contributed by atoms with Crippen LogP contribution in [0.15, 0.2) is 24.4 Å². The molecule has 0 aliphatic heterocycles. The van der Waals surface area contributed by atoms with E-state index in [1.54, 1.807) is 0 Å². The molecule has 0 bridgehead atoms. The number of hydrogen-bond donors (Lipinski definition) is 0. The number of nitriles is 1. The summed E-state index contributed by atoms with van der Waals surface area (Å²) in [5, 5.41) is 10.7. The molecule has 0 spiro atoms. The molecule has 2 unspecified atom stereocenters. The molecule has 0 radical (unpaired) electrons. The largest absolute Gasteiger partial charge is 0.343 e. The number of aryl methyl sites for hydroxylation is 2. The van der Waals surface area contributed by atoms with Gasteiger partial charge in [0.15, 0.2) is 0 Å². The maximum absolute atomic E-state index is 9.38. The summed E-state index contributed by atoms with van der Waals surface area (Å²) in [5.41, 5.74) is 3.93. The maximum Gasteiger partial charge on any atom is 0.0677 e. The highest BCUT2D eigenvalue weighted by atomic mass is 15.0. The fourth-order valence-corrected chi connectivity index (χ4v) is 3.51. The molecule has 2 aromatic rings. The molecular weight excluding hydrogens is 232 g/mol. The van der Waals surface area contributed by atoms with Crippen LogP contribution in [0, 0.1) is 31.1 Å². The molecule has 1 aromatic carbocycles. The Morgan fingerprint density at radius 3 is 2.79 bits per heavy atom. The fourth-order valence-electron chi connectivity index (χ4n) is 3.51. The van der Waals surface area contributed by atoms with Crippen LogP contribution in [0.5, 0.6) is 0 Å². The second kappa shape index (κ2) is 4.74. The first-order chi connectivity index (χ1) is 9.20. The second-order valence-corrected chi connectivity index (χ2v) is 5.83. The Hall–Kier alpha value is -1.75. The normalized spacial score (nSPS) is 23.4. The Balaban J connectivity index is 2.12. The van der Waals surface area contributed by atoms with E-state index in [2.05, 4.69) is 48.9 Å². The fraction of sp³-hybridized carbons (Fsp3) is 0.471. The van der Waals surface area contributed by atoms with Crippen molar-refractivity contribution in [2.75, 3.05) is 0 Å². The highest BCUT2D eigenvalue weighted by Gasteiger charge is 2.27. The Labute approximate surface area is 114 Å². The summed E-state index contributed by atoms with van der Waals surface area (Å²) in [4.78, 5) is 0. The van der Waals surface area contributed by atoms with Crippen molar-refractivity contribution < 1.29 is 0 Å². The van der Waals surface area contributed by atoms with Gasteiger partial charge in [-0.3, -0.25) is 0 Å². The Kier molecular flexibility index (Phi) is 3.06. The minimum absolute atomic E-state index is 0.171. The molecule has 1 heterocycles. The van der Waals surface area contributed by atoms with Gasteiger partial charge >= 0.3 is 0 Å². The van der Waals surface area contributed by atoms with Crippen LogP contribution in [-0.2, 0) is 0 Å². The topological polar surface area (TPSA) is 28.7 Å². The van der Waals surface area contributed by atoms with E-state index < -0.39 is 0 Å². The lowest BCUT2D eigenvalue weighted by Gasteiger charge is -2.29. The van der Waals surface area contributed by atoms with E-state index in [0.29, 0.717) is 6.04 Å². The summed E-state index contributed by atoms with van der Waals surface area (Å²) in [5.74, 6) is 0.171. The summed E-state index contributed by atoms with van der Waals surface area (Å²) in [7, 11) is 0. The zero-order chi connectivity index (χ0) is 13.4. The van der Waals surface area contributed by atoms with Gasteiger partial charge in [0.05, 0.1) is 12.0 Å². The summed E-state index contributed by atoms with van der Waals surface area (Å²) in [6.45, 7) is 4.31. The Morgan fingerprint density at radius 2 is 2.00 bits per heavy atom. The number of benzene rings is 1. The maximum atomic E-state index is 9.38. The minimum atomic E-state index is 0.171. The average molecular weight is 252 g/mol. The lowest BCUT2D eigenvalue weighted by Crippen LogP contribution is -2.21. The first-order valence-electron chi connectivity index (χ1n) is 7.18. The lowest BCUT2D eigenvalue weighted by atomic mass is 9.85. The monoisotopic (exact) mass is 252 g/mol. The van der Waals surface area contributed by atoms with E-state index in [1.165, 1.54) is 34.9 Å². The highest BCUT2D eigenvalue weighted by Crippen LogP contribution is 2.36. The zero-order valence-corrected chi connectivity index (χ0v) is 11.7. The van der Waals surface area contributed by atoms with Gasteiger partial charge in [-0.15, -0.1) is 0 Å². The zero-order valence-electron chi connectivity index (χ0n) is 11.7. The van der Waals surface area contributed by atoms with Crippen LogP contribution in [-0.4, -0.2) is 4.57 Å². The number of nitrogens with zero attached hydrogens (tertiary/aromatic N) is 2. The van der Waals surface area contributed by atoms with Crippen molar-refractivity contribution in [3.8, 4) is 6.07 Å². The summed E-state index contributed by atoms with van der Waals surface area (Å²) >= 11 is 0. The van der Waals surface area contributed by atoms with Gasteiger partial charge in [-0.05, 0) is 49.9 Å². The predicted molar refractivity (Wildman–Crippen MR) is 78.0 cm³/mol. The van der Waals surface area contributed by atoms with E-state index in [9.17, 15) is 5.26 Å². The van der Waals surface area contributed by atoms with Crippen molar-refractivity contribution in [3.63, 3.8) is 0 Å². The van der Waals surface area contributed by atoms with Crippen LogP contribution >= 0.6 is 0 Å². The van der Waals surface area contributed by atoms with Gasteiger partial charge < -0.3 is 4.57 Å². The van der Waals surface area contributed by atoms with Crippen molar-refractivity contribution in [2.45, 2.75) is 45.6 Å². The third-order valence-corrected chi connectivity index (χ3v) is 4.44. The van der Waals surface area contributed by atoms with Crippen molar-refractivity contribution >= 4 is 10.9 Å². The van der Waals surface area contributed by atoms with Crippen molar-refractivity contribution in [3.05, 3.63) is 35.5 Å². The first-order valence-corrected chi connectivity index (χ1v) is 7.18. The van der Waals surface area contributed by atoms with Crippen molar-refractivity contribution in [1.82, 2.24) is 4.57 Å². The molecular formula is C17H20N2. The molecule has 2 atom stereocenters. The van der Waals surface area contributed by atoms with Crippen LogP contribution < -0.4 is 0 Å². The SMILES string of the molecule is Cc1cc(C)c2ccn(C3CCCCC3C#N)c2c1. The second-order valence-electron chi connectivity index (χ2n) is 5.83. The molecule has 1 fully saturated rings. The van der Waals surface area contributed by atoms with Crippen LogP contribution in [0.4, 0.5) is 0 Å². The molecule has 98 valence electrons.